The third-order valence-electron chi connectivity index (χ3n) is 2.95. The zero-order valence-corrected chi connectivity index (χ0v) is 9.88. The van der Waals surface area contributed by atoms with Crippen molar-refractivity contribution in [2.24, 2.45) is 0 Å². The number of aliphatic hydroxyl groups is 1. The van der Waals surface area contributed by atoms with Gasteiger partial charge >= 0.3 is 0 Å². The molecule has 1 fully saturated rings. The Labute approximate surface area is 87.6 Å². The first-order valence-corrected chi connectivity index (χ1v) is 5.55. The van der Waals surface area contributed by atoms with E-state index in [9.17, 15) is 5.11 Å². The molecule has 82 valence electrons. The van der Waals surface area contributed by atoms with Crippen LogP contribution in [0.3, 0.4) is 0 Å². The molecule has 2 nitrogen and oxygen atoms in total. The quantitative estimate of drug-likeness (QED) is 0.686. The van der Waals surface area contributed by atoms with Gasteiger partial charge in [-0.3, -0.25) is 0 Å². The lowest BCUT2D eigenvalue weighted by molar-refractivity contribution is 0.00977. The molecule has 0 aromatic rings. The van der Waals surface area contributed by atoms with Crippen LogP contribution in [0.15, 0.2) is 11.6 Å². The summed E-state index contributed by atoms with van der Waals surface area (Å²) in [6.45, 7) is 10.5. The minimum atomic E-state index is -0.537. The van der Waals surface area contributed by atoms with Crippen molar-refractivity contribution in [1.29, 1.82) is 0 Å². The first kappa shape index (κ1) is 11.7. The van der Waals surface area contributed by atoms with Crippen molar-refractivity contribution in [2.75, 3.05) is 13.1 Å². The summed E-state index contributed by atoms with van der Waals surface area (Å²) in [6.07, 6.45) is 3.76. The minimum absolute atomic E-state index is 0.537. The predicted molar refractivity (Wildman–Crippen MR) is 60.3 cm³/mol. The number of hydrogen-bond acceptors (Lipinski definition) is 2. The van der Waals surface area contributed by atoms with Crippen LogP contribution in [0.1, 0.15) is 40.5 Å². The molecule has 1 rings (SSSR count). The Morgan fingerprint density at radius 1 is 1.29 bits per heavy atom. The fourth-order valence-corrected chi connectivity index (χ4v) is 2.11. The predicted octanol–water partition coefficient (Wildman–Crippen LogP) is 2.19. The number of nitrogens with zero attached hydrogens (tertiary/aromatic N) is 1. The Hall–Kier alpha value is -0.340. The lowest BCUT2D eigenvalue weighted by Gasteiger charge is -2.38. The first-order valence-electron chi connectivity index (χ1n) is 5.55. The largest absolute Gasteiger partial charge is 0.386 e. The zero-order chi connectivity index (χ0) is 10.8. The van der Waals surface area contributed by atoms with Crippen LogP contribution >= 0.6 is 0 Å². The number of allylic oxidation sites excluding steroid dienone is 1. The fraction of sp³-hybridized carbons (Fsp3) is 0.833. The molecule has 1 saturated heterocycles. The molecular formula is C12H23NO. The summed E-state index contributed by atoms with van der Waals surface area (Å²) in [5.41, 5.74) is 0.676. The zero-order valence-electron chi connectivity index (χ0n) is 9.88. The highest BCUT2D eigenvalue weighted by Gasteiger charge is 2.30. The summed E-state index contributed by atoms with van der Waals surface area (Å²) in [5.74, 6) is 0. The normalized spacial score (nSPS) is 22.4. The number of hydrogen-bond donors (Lipinski definition) is 1. The molecule has 1 heterocycles. The summed E-state index contributed by atoms with van der Waals surface area (Å²) >= 11 is 0. The molecule has 0 radical (unpaired) electrons. The third-order valence-corrected chi connectivity index (χ3v) is 2.95. The van der Waals surface area contributed by atoms with E-state index in [0.29, 0.717) is 6.04 Å². The average Bonchev–Trinajstić information content (AvgIpc) is 2.02. The second kappa shape index (κ2) is 4.45. The molecule has 2 heteroatoms. The van der Waals surface area contributed by atoms with E-state index in [0.717, 1.165) is 25.9 Å². The molecule has 0 spiro atoms. The summed E-state index contributed by atoms with van der Waals surface area (Å²) < 4.78 is 0. The third kappa shape index (κ3) is 3.10. The Morgan fingerprint density at radius 2 is 1.79 bits per heavy atom. The van der Waals surface area contributed by atoms with Crippen molar-refractivity contribution in [2.45, 2.75) is 52.2 Å². The standard InChI is InChI=1S/C12H23NO/c1-10(2)9-12(14)5-7-13(8-6-12)11(3)4/h9,11,14H,5-8H2,1-4H3. The number of piperidine rings is 1. The van der Waals surface area contributed by atoms with Gasteiger partial charge < -0.3 is 10.0 Å². The topological polar surface area (TPSA) is 23.5 Å². The molecule has 0 saturated carbocycles. The Bertz CT molecular complexity index is 208. The molecule has 0 amide bonds. The monoisotopic (exact) mass is 197 g/mol. The van der Waals surface area contributed by atoms with E-state index in [1.165, 1.54) is 5.57 Å². The van der Waals surface area contributed by atoms with Gasteiger partial charge in [0.1, 0.15) is 0 Å². The van der Waals surface area contributed by atoms with E-state index in [4.69, 9.17) is 0 Å². The maximum atomic E-state index is 10.2. The fourth-order valence-electron chi connectivity index (χ4n) is 2.11. The van der Waals surface area contributed by atoms with Gasteiger partial charge in [-0.1, -0.05) is 11.6 Å². The smallest absolute Gasteiger partial charge is 0.0854 e. The first-order chi connectivity index (χ1) is 6.43. The molecule has 0 bridgehead atoms. The van der Waals surface area contributed by atoms with Crippen LogP contribution in [0, 0.1) is 0 Å². The maximum Gasteiger partial charge on any atom is 0.0854 e. The summed E-state index contributed by atoms with van der Waals surface area (Å²) in [5, 5.41) is 10.2. The van der Waals surface area contributed by atoms with E-state index in [1.807, 2.05) is 19.9 Å². The molecule has 0 aromatic carbocycles. The highest BCUT2D eigenvalue weighted by Crippen LogP contribution is 2.25. The molecule has 1 N–H and O–H groups in total. The van der Waals surface area contributed by atoms with Gasteiger partial charge in [0.2, 0.25) is 0 Å². The van der Waals surface area contributed by atoms with Gasteiger partial charge in [0.25, 0.3) is 0 Å². The summed E-state index contributed by atoms with van der Waals surface area (Å²) in [6, 6.07) is 0.603. The van der Waals surface area contributed by atoms with Crippen molar-refractivity contribution in [3.8, 4) is 0 Å². The van der Waals surface area contributed by atoms with Gasteiger partial charge in [-0.15, -0.1) is 0 Å². The van der Waals surface area contributed by atoms with E-state index < -0.39 is 5.60 Å². The van der Waals surface area contributed by atoms with Gasteiger partial charge in [0, 0.05) is 19.1 Å². The highest BCUT2D eigenvalue weighted by atomic mass is 16.3. The lowest BCUT2D eigenvalue weighted by Crippen LogP contribution is -2.45. The van der Waals surface area contributed by atoms with Crippen LogP contribution < -0.4 is 0 Å². The van der Waals surface area contributed by atoms with Crippen molar-refractivity contribution in [1.82, 2.24) is 4.90 Å². The highest BCUT2D eigenvalue weighted by molar-refractivity contribution is 5.08. The molecule has 1 aliphatic heterocycles. The van der Waals surface area contributed by atoms with E-state index in [1.54, 1.807) is 0 Å². The number of rotatable bonds is 2. The van der Waals surface area contributed by atoms with Crippen molar-refractivity contribution < 1.29 is 5.11 Å². The van der Waals surface area contributed by atoms with Gasteiger partial charge in [-0.25, -0.2) is 0 Å². The SMILES string of the molecule is CC(C)=CC1(O)CCN(C(C)C)CC1. The van der Waals surface area contributed by atoms with Crippen molar-refractivity contribution in [3.05, 3.63) is 11.6 Å². The molecule has 0 aliphatic carbocycles. The molecule has 0 atom stereocenters. The molecule has 14 heavy (non-hydrogen) atoms. The van der Waals surface area contributed by atoms with E-state index in [2.05, 4.69) is 18.7 Å². The Morgan fingerprint density at radius 3 is 2.14 bits per heavy atom. The van der Waals surface area contributed by atoms with Crippen LogP contribution in [-0.4, -0.2) is 34.7 Å². The number of likely N-dealkylation sites (tertiary alicyclic amines) is 1. The van der Waals surface area contributed by atoms with Crippen LogP contribution in [0.5, 0.6) is 0 Å². The minimum Gasteiger partial charge on any atom is -0.386 e. The van der Waals surface area contributed by atoms with Crippen molar-refractivity contribution in [3.63, 3.8) is 0 Å². The molecule has 0 aromatic heterocycles. The van der Waals surface area contributed by atoms with Crippen LogP contribution in [0.4, 0.5) is 0 Å². The Balaban J connectivity index is 2.53. The summed E-state index contributed by atoms with van der Waals surface area (Å²) in [7, 11) is 0. The van der Waals surface area contributed by atoms with Crippen molar-refractivity contribution >= 4 is 0 Å². The molecule has 1 aliphatic rings. The van der Waals surface area contributed by atoms with E-state index >= 15 is 0 Å². The second-order valence-electron chi connectivity index (χ2n) is 4.95. The van der Waals surface area contributed by atoms with Gasteiger partial charge in [-0.05, 0) is 40.5 Å². The summed E-state index contributed by atoms with van der Waals surface area (Å²) in [4.78, 5) is 2.42. The van der Waals surface area contributed by atoms with Crippen LogP contribution in [0.2, 0.25) is 0 Å². The van der Waals surface area contributed by atoms with Gasteiger partial charge in [-0.2, -0.15) is 0 Å². The van der Waals surface area contributed by atoms with Gasteiger partial charge in [0.05, 0.1) is 5.60 Å². The van der Waals surface area contributed by atoms with Gasteiger partial charge in [0.15, 0.2) is 0 Å². The second-order valence-corrected chi connectivity index (χ2v) is 4.95. The molecule has 0 unspecified atom stereocenters. The average molecular weight is 197 g/mol. The van der Waals surface area contributed by atoms with E-state index in [-0.39, 0.29) is 0 Å². The lowest BCUT2D eigenvalue weighted by atomic mass is 9.89. The maximum absolute atomic E-state index is 10.2. The van der Waals surface area contributed by atoms with Crippen LogP contribution in [-0.2, 0) is 0 Å². The van der Waals surface area contributed by atoms with Crippen LogP contribution in [0.25, 0.3) is 0 Å². The molecular weight excluding hydrogens is 174 g/mol. The Kier molecular flexibility index (Phi) is 3.73.